The summed E-state index contributed by atoms with van der Waals surface area (Å²) in [5.74, 6) is -0.182. The third kappa shape index (κ3) is 3.37. The second-order valence-electron chi connectivity index (χ2n) is 4.57. The summed E-state index contributed by atoms with van der Waals surface area (Å²) < 4.78 is 5.42. The van der Waals surface area contributed by atoms with E-state index in [0.717, 1.165) is 18.4 Å². The van der Waals surface area contributed by atoms with Gasteiger partial charge in [-0.1, -0.05) is 23.7 Å². The van der Waals surface area contributed by atoms with E-state index in [1.54, 1.807) is 0 Å². The van der Waals surface area contributed by atoms with E-state index >= 15 is 0 Å². The zero-order valence-corrected chi connectivity index (χ0v) is 11.4. The molecule has 1 unspecified atom stereocenters. The average molecular weight is 288 g/mol. The van der Waals surface area contributed by atoms with Gasteiger partial charge in [0, 0.05) is 11.6 Å². The summed E-state index contributed by atoms with van der Waals surface area (Å²) in [6.07, 6.45) is 1.53. The Morgan fingerprint density at radius 2 is 2.11 bits per heavy atom. The van der Waals surface area contributed by atoms with Gasteiger partial charge >= 0.3 is 0 Å². The number of amides is 1. The SMILES string of the molecule is O=C(CCl)NC1(Cc2ccc(Cl)cc2)CCOC1. The third-order valence-electron chi connectivity index (χ3n) is 3.09. The number of rotatable bonds is 4. The molecular weight excluding hydrogens is 273 g/mol. The Morgan fingerprint density at radius 1 is 1.39 bits per heavy atom. The van der Waals surface area contributed by atoms with Gasteiger partial charge in [-0.05, 0) is 30.5 Å². The number of hydrogen-bond donors (Lipinski definition) is 1. The predicted octanol–water partition coefficient (Wildman–Crippen LogP) is 2.40. The first-order valence-electron chi connectivity index (χ1n) is 5.83. The fourth-order valence-electron chi connectivity index (χ4n) is 2.21. The molecule has 1 aliphatic heterocycles. The Bertz CT molecular complexity index is 414. The number of benzene rings is 1. The third-order valence-corrected chi connectivity index (χ3v) is 3.58. The Labute approximate surface area is 116 Å². The second kappa shape index (κ2) is 5.91. The van der Waals surface area contributed by atoms with Gasteiger partial charge in [0.1, 0.15) is 5.88 Å². The van der Waals surface area contributed by atoms with Gasteiger partial charge in [-0.3, -0.25) is 4.79 Å². The van der Waals surface area contributed by atoms with Crippen LogP contribution in [0.2, 0.25) is 5.02 Å². The van der Waals surface area contributed by atoms with Crippen LogP contribution in [0.15, 0.2) is 24.3 Å². The molecule has 0 aromatic heterocycles. The quantitative estimate of drug-likeness (QED) is 0.864. The maximum absolute atomic E-state index is 11.5. The van der Waals surface area contributed by atoms with Crippen LogP contribution in [0.1, 0.15) is 12.0 Å². The lowest BCUT2D eigenvalue weighted by Crippen LogP contribution is -2.51. The molecule has 1 aromatic carbocycles. The molecule has 18 heavy (non-hydrogen) atoms. The zero-order valence-electron chi connectivity index (χ0n) is 9.92. The predicted molar refractivity (Wildman–Crippen MR) is 72.2 cm³/mol. The van der Waals surface area contributed by atoms with Gasteiger partial charge < -0.3 is 10.1 Å². The van der Waals surface area contributed by atoms with Crippen LogP contribution in [0.4, 0.5) is 0 Å². The van der Waals surface area contributed by atoms with E-state index < -0.39 is 0 Å². The molecule has 5 heteroatoms. The second-order valence-corrected chi connectivity index (χ2v) is 5.27. The Hall–Kier alpha value is -0.770. The van der Waals surface area contributed by atoms with Crippen LogP contribution in [-0.4, -0.2) is 30.5 Å². The van der Waals surface area contributed by atoms with Crippen LogP contribution >= 0.6 is 23.2 Å². The molecule has 1 aliphatic rings. The molecule has 1 fully saturated rings. The van der Waals surface area contributed by atoms with Gasteiger partial charge in [0.2, 0.25) is 5.91 Å². The van der Waals surface area contributed by atoms with Crippen molar-refractivity contribution in [3.63, 3.8) is 0 Å². The summed E-state index contributed by atoms with van der Waals surface area (Å²) in [5, 5.41) is 3.68. The van der Waals surface area contributed by atoms with E-state index in [1.165, 1.54) is 0 Å². The number of alkyl halides is 1. The summed E-state index contributed by atoms with van der Waals surface area (Å²) in [4.78, 5) is 11.5. The van der Waals surface area contributed by atoms with Gasteiger partial charge in [-0.25, -0.2) is 0 Å². The highest BCUT2D eigenvalue weighted by Crippen LogP contribution is 2.24. The molecule has 1 amide bonds. The molecule has 0 saturated carbocycles. The van der Waals surface area contributed by atoms with Crippen molar-refractivity contribution in [1.82, 2.24) is 5.32 Å². The van der Waals surface area contributed by atoms with Gasteiger partial charge in [0.15, 0.2) is 0 Å². The van der Waals surface area contributed by atoms with Crippen LogP contribution in [0, 0.1) is 0 Å². The van der Waals surface area contributed by atoms with E-state index in [1.807, 2.05) is 24.3 Å². The van der Waals surface area contributed by atoms with Gasteiger partial charge in [-0.2, -0.15) is 0 Å². The fraction of sp³-hybridized carbons (Fsp3) is 0.462. The molecule has 1 aromatic rings. The van der Waals surface area contributed by atoms with E-state index in [0.29, 0.717) is 18.2 Å². The highest BCUT2D eigenvalue weighted by Gasteiger charge is 2.36. The molecular formula is C13H15Cl2NO2. The van der Waals surface area contributed by atoms with Crippen molar-refractivity contribution in [3.05, 3.63) is 34.9 Å². The van der Waals surface area contributed by atoms with Crippen molar-refractivity contribution < 1.29 is 9.53 Å². The Balaban J connectivity index is 2.10. The van der Waals surface area contributed by atoms with Crippen LogP contribution in [0.25, 0.3) is 0 Å². The first-order valence-corrected chi connectivity index (χ1v) is 6.74. The van der Waals surface area contributed by atoms with E-state index in [9.17, 15) is 4.79 Å². The van der Waals surface area contributed by atoms with E-state index in [2.05, 4.69) is 5.32 Å². The summed E-state index contributed by atoms with van der Waals surface area (Å²) >= 11 is 11.4. The fourth-order valence-corrected chi connectivity index (χ4v) is 2.40. The van der Waals surface area contributed by atoms with Crippen molar-refractivity contribution in [2.45, 2.75) is 18.4 Å². The van der Waals surface area contributed by atoms with Crippen molar-refractivity contribution in [1.29, 1.82) is 0 Å². The minimum Gasteiger partial charge on any atom is -0.379 e. The largest absolute Gasteiger partial charge is 0.379 e. The van der Waals surface area contributed by atoms with Crippen LogP contribution in [-0.2, 0) is 16.0 Å². The zero-order chi connectivity index (χ0) is 13.0. The van der Waals surface area contributed by atoms with Crippen molar-refractivity contribution >= 4 is 29.1 Å². The highest BCUT2D eigenvalue weighted by atomic mass is 35.5. The van der Waals surface area contributed by atoms with Gasteiger partial charge in [0.25, 0.3) is 0 Å². The normalized spacial score (nSPS) is 23.0. The lowest BCUT2D eigenvalue weighted by molar-refractivity contribution is -0.120. The first-order chi connectivity index (χ1) is 8.63. The lowest BCUT2D eigenvalue weighted by Gasteiger charge is -2.28. The molecule has 0 radical (unpaired) electrons. The Morgan fingerprint density at radius 3 is 2.67 bits per heavy atom. The monoisotopic (exact) mass is 287 g/mol. The summed E-state index contributed by atoms with van der Waals surface area (Å²) in [6, 6.07) is 7.64. The maximum atomic E-state index is 11.5. The lowest BCUT2D eigenvalue weighted by atomic mass is 9.90. The Kier molecular flexibility index (Phi) is 4.49. The number of carbonyl (C=O) groups is 1. The van der Waals surface area contributed by atoms with Crippen molar-refractivity contribution in [2.24, 2.45) is 0 Å². The first kappa shape index (κ1) is 13.7. The number of nitrogens with one attached hydrogen (secondary N) is 1. The average Bonchev–Trinajstić information content (AvgIpc) is 2.80. The van der Waals surface area contributed by atoms with Gasteiger partial charge in [0.05, 0.1) is 12.1 Å². The van der Waals surface area contributed by atoms with Crippen LogP contribution in [0.5, 0.6) is 0 Å². The summed E-state index contributed by atoms with van der Waals surface area (Å²) in [5.41, 5.74) is 0.791. The summed E-state index contributed by atoms with van der Waals surface area (Å²) in [7, 11) is 0. The molecule has 0 bridgehead atoms. The van der Waals surface area contributed by atoms with E-state index in [-0.39, 0.29) is 17.3 Å². The molecule has 1 saturated heterocycles. The molecule has 1 heterocycles. The molecule has 2 rings (SSSR count). The molecule has 1 N–H and O–H groups in total. The minimum atomic E-state index is -0.334. The highest BCUT2D eigenvalue weighted by molar-refractivity contribution is 6.30. The summed E-state index contributed by atoms with van der Waals surface area (Å²) in [6.45, 7) is 1.19. The smallest absolute Gasteiger partial charge is 0.235 e. The topological polar surface area (TPSA) is 38.3 Å². The van der Waals surface area contributed by atoms with E-state index in [4.69, 9.17) is 27.9 Å². The van der Waals surface area contributed by atoms with Crippen molar-refractivity contribution in [3.8, 4) is 0 Å². The standard InChI is InChI=1S/C13H15Cl2NO2/c14-8-12(17)16-13(5-6-18-9-13)7-10-1-3-11(15)4-2-10/h1-4H,5-9H2,(H,16,17). The number of halogens is 2. The number of hydrogen-bond acceptors (Lipinski definition) is 2. The van der Waals surface area contributed by atoms with Crippen LogP contribution < -0.4 is 5.32 Å². The molecule has 0 spiro atoms. The maximum Gasteiger partial charge on any atom is 0.235 e. The molecule has 3 nitrogen and oxygen atoms in total. The number of ether oxygens (including phenoxy) is 1. The van der Waals surface area contributed by atoms with Crippen LogP contribution in [0.3, 0.4) is 0 Å². The molecule has 98 valence electrons. The molecule has 1 atom stereocenters. The molecule has 0 aliphatic carbocycles. The van der Waals surface area contributed by atoms with Gasteiger partial charge in [-0.15, -0.1) is 11.6 Å². The van der Waals surface area contributed by atoms with Crippen molar-refractivity contribution in [2.75, 3.05) is 19.1 Å². The number of carbonyl (C=O) groups excluding carboxylic acids is 1. The minimum absolute atomic E-state index is 0.0254.